The molecular formula is C15H22N2O4S. The smallest absolute Gasteiger partial charge is 0.245 e. The molecule has 1 aromatic rings. The first kappa shape index (κ1) is 16.8. The molecule has 0 bridgehead atoms. The Morgan fingerprint density at radius 1 is 1.27 bits per heavy atom. The van der Waals surface area contributed by atoms with Crippen LogP contribution < -0.4 is 9.64 Å². The van der Waals surface area contributed by atoms with E-state index in [2.05, 4.69) is 0 Å². The Hall–Kier alpha value is -1.60. The summed E-state index contributed by atoms with van der Waals surface area (Å²) in [6, 6.07) is 6.50. The third-order valence-corrected chi connectivity index (χ3v) is 6.23. The SMILES string of the molecule is COc1cccc(N2CCN(S(=O)(=O)C(C)C)C(C)C2=O)c1. The molecule has 22 heavy (non-hydrogen) atoms. The van der Waals surface area contributed by atoms with Crippen LogP contribution in [0.15, 0.2) is 24.3 Å². The van der Waals surface area contributed by atoms with Crippen molar-refractivity contribution < 1.29 is 17.9 Å². The Kier molecular flexibility index (Phi) is 4.77. The highest BCUT2D eigenvalue weighted by molar-refractivity contribution is 7.89. The summed E-state index contributed by atoms with van der Waals surface area (Å²) < 4.78 is 31.1. The number of sulfonamides is 1. The highest BCUT2D eigenvalue weighted by atomic mass is 32.2. The van der Waals surface area contributed by atoms with Gasteiger partial charge in [-0.05, 0) is 32.9 Å². The van der Waals surface area contributed by atoms with Gasteiger partial charge in [0, 0.05) is 24.8 Å². The molecule has 0 aliphatic carbocycles. The van der Waals surface area contributed by atoms with Crippen LogP contribution in [-0.4, -0.2) is 50.1 Å². The maximum atomic E-state index is 12.6. The molecule has 1 heterocycles. The van der Waals surface area contributed by atoms with Crippen molar-refractivity contribution in [1.29, 1.82) is 0 Å². The second-order valence-electron chi connectivity index (χ2n) is 5.57. The van der Waals surface area contributed by atoms with Gasteiger partial charge in [-0.25, -0.2) is 8.42 Å². The van der Waals surface area contributed by atoms with Gasteiger partial charge in [-0.2, -0.15) is 4.31 Å². The summed E-state index contributed by atoms with van der Waals surface area (Å²) in [5.74, 6) is 0.443. The van der Waals surface area contributed by atoms with Crippen LogP contribution in [-0.2, 0) is 14.8 Å². The minimum atomic E-state index is -3.44. The van der Waals surface area contributed by atoms with Crippen LogP contribution >= 0.6 is 0 Å². The highest BCUT2D eigenvalue weighted by Crippen LogP contribution is 2.26. The Labute approximate surface area is 131 Å². The molecule has 0 radical (unpaired) electrons. The van der Waals surface area contributed by atoms with Gasteiger partial charge in [0.25, 0.3) is 0 Å². The van der Waals surface area contributed by atoms with E-state index >= 15 is 0 Å². The fraction of sp³-hybridized carbons (Fsp3) is 0.533. The number of carbonyl (C=O) groups is 1. The second kappa shape index (κ2) is 6.26. The lowest BCUT2D eigenvalue weighted by Gasteiger charge is -2.39. The lowest BCUT2D eigenvalue weighted by molar-refractivity contribution is -0.123. The van der Waals surface area contributed by atoms with E-state index in [4.69, 9.17) is 4.74 Å². The Morgan fingerprint density at radius 2 is 1.95 bits per heavy atom. The van der Waals surface area contributed by atoms with Crippen molar-refractivity contribution in [2.45, 2.75) is 32.1 Å². The van der Waals surface area contributed by atoms with Gasteiger partial charge in [0.2, 0.25) is 15.9 Å². The normalized spacial score (nSPS) is 20.5. The summed E-state index contributed by atoms with van der Waals surface area (Å²) in [5, 5.41) is -0.536. The van der Waals surface area contributed by atoms with Gasteiger partial charge in [0.1, 0.15) is 11.8 Å². The van der Waals surface area contributed by atoms with Gasteiger partial charge >= 0.3 is 0 Å². The topological polar surface area (TPSA) is 66.9 Å². The number of hydrogen-bond acceptors (Lipinski definition) is 4. The first-order chi connectivity index (χ1) is 10.3. The lowest BCUT2D eigenvalue weighted by Crippen LogP contribution is -2.58. The summed E-state index contributed by atoms with van der Waals surface area (Å²) >= 11 is 0. The zero-order chi connectivity index (χ0) is 16.5. The van der Waals surface area contributed by atoms with E-state index in [1.165, 1.54) is 4.31 Å². The minimum Gasteiger partial charge on any atom is -0.497 e. The van der Waals surface area contributed by atoms with Gasteiger partial charge < -0.3 is 9.64 Å². The van der Waals surface area contributed by atoms with E-state index in [-0.39, 0.29) is 5.91 Å². The van der Waals surface area contributed by atoms with Crippen LogP contribution in [0.2, 0.25) is 0 Å². The average molecular weight is 326 g/mol. The number of methoxy groups -OCH3 is 1. The van der Waals surface area contributed by atoms with Gasteiger partial charge in [0.15, 0.2) is 0 Å². The molecule has 1 unspecified atom stereocenters. The van der Waals surface area contributed by atoms with Crippen LogP contribution in [0, 0.1) is 0 Å². The number of piperazine rings is 1. The fourth-order valence-electron chi connectivity index (χ4n) is 2.50. The quantitative estimate of drug-likeness (QED) is 0.840. The minimum absolute atomic E-state index is 0.219. The molecule has 122 valence electrons. The number of rotatable bonds is 4. The monoisotopic (exact) mass is 326 g/mol. The summed E-state index contributed by atoms with van der Waals surface area (Å²) in [6.07, 6.45) is 0. The zero-order valence-electron chi connectivity index (χ0n) is 13.3. The number of ether oxygens (including phenoxy) is 1. The first-order valence-corrected chi connectivity index (χ1v) is 8.75. The van der Waals surface area contributed by atoms with Crippen molar-refractivity contribution in [3.05, 3.63) is 24.3 Å². The van der Waals surface area contributed by atoms with Gasteiger partial charge in [-0.1, -0.05) is 6.07 Å². The summed E-state index contributed by atoms with van der Waals surface area (Å²) in [7, 11) is -1.87. The molecule has 1 aliphatic rings. The lowest BCUT2D eigenvalue weighted by atomic mass is 10.2. The van der Waals surface area contributed by atoms with Gasteiger partial charge in [-0.15, -0.1) is 0 Å². The predicted octanol–water partition coefficient (Wildman–Crippen LogP) is 1.47. The Bertz CT molecular complexity index is 657. The van der Waals surface area contributed by atoms with Crippen LogP contribution in [0.1, 0.15) is 20.8 Å². The van der Waals surface area contributed by atoms with Crippen LogP contribution in [0.3, 0.4) is 0 Å². The van der Waals surface area contributed by atoms with Crippen molar-refractivity contribution in [2.75, 3.05) is 25.1 Å². The standard InChI is InChI=1S/C15H22N2O4S/c1-11(2)22(19,20)17-9-8-16(15(18)12(17)3)13-6-5-7-14(10-13)21-4/h5-7,10-12H,8-9H2,1-4H3. The average Bonchev–Trinajstić information content (AvgIpc) is 2.49. The zero-order valence-corrected chi connectivity index (χ0v) is 14.1. The highest BCUT2D eigenvalue weighted by Gasteiger charge is 2.39. The fourth-order valence-corrected chi connectivity index (χ4v) is 3.91. The van der Waals surface area contributed by atoms with E-state index in [1.54, 1.807) is 44.9 Å². The molecule has 1 aromatic carbocycles. The van der Waals surface area contributed by atoms with E-state index < -0.39 is 21.3 Å². The summed E-state index contributed by atoms with van der Waals surface area (Å²) in [6.45, 7) is 5.52. The first-order valence-electron chi connectivity index (χ1n) is 7.25. The van der Waals surface area contributed by atoms with Crippen molar-refractivity contribution in [1.82, 2.24) is 4.31 Å². The molecule has 6 nitrogen and oxygen atoms in total. The maximum Gasteiger partial charge on any atom is 0.245 e. The molecule has 0 N–H and O–H groups in total. The molecule has 0 spiro atoms. The molecule has 1 amide bonds. The Morgan fingerprint density at radius 3 is 2.55 bits per heavy atom. The number of hydrogen-bond donors (Lipinski definition) is 0. The molecule has 1 fully saturated rings. The number of benzene rings is 1. The number of anilines is 1. The molecule has 1 aliphatic heterocycles. The van der Waals surface area contributed by atoms with Crippen LogP contribution in [0.4, 0.5) is 5.69 Å². The van der Waals surface area contributed by atoms with Crippen molar-refractivity contribution >= 4 is 21.6 Å². The van der Waals surface area contributed by atoms with Crippen molar-refractivity contribution in [3.63, 3.8) is 0 Å². The molecule has 0 aromatic heterocycles. The largest absolute Gasteiger partial charge is 0.497 e. The molecule has 2 rings (SSSR count). The number of carbonyl (C=O) groups excluding carboxylic acids is 1. The summed E-state index contributed by atoms with van der Waals surface area (Å²) in [4.78, 5) is 14.2. The predicted molar refractivity (Wildman–Crippen MR) is 85.6 cm³/mol. The van der Waals surface area contributed by atoms with E-state index in [0.29, 0.717) is 18.8 Å². The third kappa shape index (κ3) is 2.96. The molecule has 7 heteroatoms. The summed E-state index contributed by atoms with van der Waals surface area (Å²) in [5.41, 5.74) is 0.720. The van der Waals surface area contributed by atoms with Crippen molar-refractivity contribution in [3.8, 4) is 5.75 Å². The van der Waals surface area contributed by atoms with Gasteiger partial charge in [-0.3, -0.25) is 4.79 Å². The molecular weight excluding hydrogens is 304 g/mol. The van der Waals surface area contributed by atoms with Crippen LogP contribution in [0.5, 0.6) is 5.75 Å². The second-order valence-corrected chi connectivity index (χ2v) is 8.01. The molecule has 0 saturated carbocycles. The third-order valence-electron chi connectivity index (χ3n) is 3.89. The molecule has 1 saturated heterocycles. The number of amides is 1. The van der Waals surface area contributed by atoms with E-state index in [0.717, 1.165) is 5.69 Å². The van der Waals surface area contributed by atoms with Gasteiger partial charge in [0.05, 0.1) is 12.4 Å². The van der Waals surface area contributed by atoms with Crippen LogP contribution in [0.25, 0.3) is 0 Å². The maximum absolute atomic E-state index is 12.6. The van der Waals surface area contributed by atoms with Crippen molar-refractivity contribution in [2.24, 2.45) is 0 Å². The van der Waals surface area contributed by atoms with E-state index in [9.17, 15) is 13.2 Å². The Balaban J connectivity index is 2.26. The molecule has 1 atom stereocenters. The van der Waals surface area contributed by atoms with E-state index in [1.807, 2.05) is 12.1 Å². The number of nitrogens with zero attached hydrogens (tertiary/aromatic N) is 2.